The molecule has 0 radical (unpaired) electrons. The number of amides is 1. The zero-order chi connectivity index (χ0) is 14.7. The van der Waals surface area contributed by atoms with E-state index in [1.165, 1.54) is 0 Å². The Labute approximate surface area is 123 Å². The highest BCUT2D eigenvalue weighted by molar-refractivity contribution is 5.94. The minimum Gasteiger partial charge on any atom is -0.396 e. The quantitative estimate of drug-likeness (QED) is 0.912. The third-order valence-corrected chi connectivity index (χ3v) is 4.00. The Morgan fingerprint density at radius 1 is 1.29 bits per heavy atom. The lowest BCUT2D eigenvalue weighted by atomic mass is 9.91. The molecule has 5 heteroatoms. The second kappa shape index (κ2) is 6.18. The average Bonchev–Trinajstić information content (AvgIpc) is 2.48. The normalized spacial score (nSPS) is 14.9. The summed E-state index contributed by atoms with van der Waals surface area (Å²) >= 11 is 0. The molecule has 21 heavy (non-hydrogen) atoms. The van der Waals surface area contributed by atoms with E-state index >= 15 is 0 Å². The molecule has 0 unspecified atom stereocenters. The summed E-state index contributed by atoms with van der Waals surface area (Å²) < 4.78 is 0. The van der Waals surface area contributed by atoms with Gasteiger partial charge in [0.05, 0.1) is 17.2 Å². The van der Waals surface area contributed by atoms with Gasteiger partial charge in [-0.1, -0.05) is 12.1 Å². The smallest absolute Gasteiger partial charge is 0.274 e. The standard InChI is InChI=1S/C16H19N3O2/c20-10-4-9-19(12-5-3-6-12)16(21)15-11-17-13-7-1-2-8-14(13)18-15/h1-2,7-8,11-12,20H,3-6,9-10H2. The molecule has 1 aliphatic rings. The summed E-state index contributed by atoms with van der Waals surface area (Å²) in [6.07, 6.45) is 5.39. The summed E-state index contributed by atoms with van der Waals surface area (Å²) in [5.41, 5.74) is 1.91. The van der Waals surface area contributed by atoms with Crippen molar-refractivity contribution in [2.45, 2.75) is 31.7 Å². The largest absolute Gasteiger partial charge is 0.396 e. The lowest BCUT2D eigenvalue weighted by molar-refractivity contribution is 0.0556. The average molecular weight is 285 g/mol. The predicted octanol–water partition coefficient (Wildman–Crippen LogP) is 2.01. The van der Waals surface area contributed by atoms with Gasteiger partial charge in [-0.2, -0.15) is 0 Å². The van der Waals surface area contributed by atoms with Crippen LogP contribution in [0.4, 0.5) is 0 Å². The summed E-state index contributed by atoms with van der Waals surface area (Å²) in [5, 5.41) is 9.02. The summed E-state index contributed by atoms with van der Waals surface area (Å²) in [5.74, 6) is -0.0774. The zero-order valence-corrected chi connectivity index (χ0v) is 11.9. The zero-order valence-electron chi connectivity index (χ0n) is 11.9. The molecule has 3 rings (SSSR count). The Hall–Kier alpha value is -2.01. The van der Waals surface area contributed by atoms with E-state index < -0.39 is 0 Å². The van der Waals surface area contributed by atoms with E-state index in [4.69, 9.17) is 5.11 Å². The van der Waals surface area contributed by atoms with E-state index in [1.807, 2.05) is 29.2 Å². The first kappa shape index (κ1) is 13.9. The van der Waals surface area contributed by atoms with Crippen molar-refractivity contribution in [3.63, 3.8) is 0 Å². The van der Waals surface area contributed by atoms with Crippen molar-refractivity contribution < 1.29 is 9.90 Å². The molecule has 1 N–H and O–H groups in total. The van der Waals surface area contributed by atoms with Crippen molar-refractivity contribution in [2.24, 2.45) is 0 Å². The third-order valence-electron chi connectivity index (χ3n) is 4.00. The first-order valence-corrected chi connectivity index (χ1v) is 7.43. The van der Waals surface area contributed by atoms with Gasteiger partial charge in [-0.05, 0) is 37.8 Å². The number of hydrogen-bond acceptors (Lipinski definition) is 4. The maximum Gasteiger partial charge on any atom is 0.274 e. The number of para-hydroxylation sites is 2. The molecule has 0 bridgehead atoms. The molecular formula is C16H19N3O2. The van der Waals surface area contributed by atoms with Gasteiger partial charge in [0, 0.05) is 19.2 Å². The van der Waals surface area contributed by atoms with Crippen molar-refractivity contribution in [3.8, 4) is 0 Å². The molecule has 1 fully saturated rings. The summed E-state index contributed by atoms with van der Waals surface area (Å²) in [7, 11) is 0. The molecule has 1 aliphatic carbocycles. The second-order valence-electron chi connectivity index (χ2n) is 5.40. The molecule has 1 amide bonds. The highest BCUT2D eigenvalue weighted by atomic mass is 16.3. The van der Waals surface area contributed by atoms with Crippen LogP contribution in [-0.2, 0) is 0 Å². The van der Waals surface area contributed by atoms with Crippen molar-refractivity contribution >= 4 is 16.9 Å². The fourth-order valence-corrected chi connectivity index (χ4v) is 2.60. The molecule has 0 spiro atoms. The minimum atomic E-state index is -0.0774. The number of aromatic nitrogens is 2. The van der Waals surface area contributed by atoms with Crippen molar-refractivity contribution in [3.05, 3.63) is 36.2 Å². The van der Waals surface area contributed by atoms with Crippen molar-refractivity contribution in [1.29, 1.82) is 0 Å². The topological polar surface area (TPSA) is 66.3 Å². The molecule has 0 atom stereocenters. The Balaban J connectivity index is 1.85. The van der Waals surface area contributed by atoms with Crippen LogP contribution >= 0.6 is 0 Å². The van der Waals surface area contributed by atoms with Crippen LogP contribution in [0.1, 0.15) is 36.2 Å². The summed E-state index contributed by atoms with van der Waals surface area (Å²) in [6.45, 7) is 0.675. The Bertz CT molecular complexity index is 640. The highest BCUT2D eigenvalue weighted by Crippen LogP contribution is 2.26. The lowest BCUT2D eigenvalue weighted by Crippen LogP contribution is -2.45. The van der Waals surface area contributed by atoms with Crippen LogP contribution < -0.4 is 0 Å². The number of benzene rings is 1. The van der Waals surface area contributed by atoms with Crippen LogP contribution in [0, 0.1) is 0 Å². The maximum atomic E-state index is 12.7. The Morgan fingerprint density at radius 2 is 2.05 bits per heavy atom. The Kier molecular flexibility index (Phi) is 4.10. The minimum absolute atomic E-state index is 0.0774. The third kappa shape index (κ3) is 2.88. The van der Waals surface area contributed by atoms with Gasteiger partial charge in [0.25, 0.3) is 5.91 Å². The molecule has 1 aromatic heterocycles. The lowest BCUT2D eigenvalue weighted by Gasteiger charge is -2.37. The van der Waals surface area contributed by atoms with Crippen LogP contribution in [0.3, 0.4) is 0 Å². The fourth-order valence-electron chi connectivity index (χ4n) is 2.60. The molecule has 1 aromatic carbocycles. The number of carbonyl (C=O) groups is 1. The van der Waals surface area contributed by atoms with E-state index in [-0.39, 0.29) is 18.6 Å². The molecular weight excluding hydrogens is 266 g/mol. The monoisotopic (exact) mass is 285 g/mol. The van der Waals surface area contributed by atoms with Gasteiger partial charge in [0.2, 0.25) is 0 Å². The van der Waals surface area contributed by atoms with E-state index in [9.17, 15) is 4.79 Å². The predicted molar refractivity (Wildman–Crippen MR) is 79.9 cm³/mol. The van der Waals surface area contributed by atoms with Gasteiger partial charge < -0.3 is 10.0 Å². The van der Waals surface area contributed by atoms with E-state index in [0.717, 1.165) is 30.3 Å². The first-order valence-electron chi connectivity index (χ1n) is 7.43. The molecule has 110 valence electrons. The molecule has 5 nitrogen and oxygen atoms in total. The number of carbonyl (C=O) groups excluding carboxylic acids is 1. The first-order chi connectivity index (χ1) is 10.3. The van der Waals surface area contributed by atoms with E-state index in [1.54, 1.807) is 6.20 Å². The molecule has 0 saturated heterocycles. The van der Waals surface area contributed by atoms with Crippen LogP contribution in [0.25, 0.3) is 11.0 Å². The van der Waals surface area contributed by atoms with Crippen LogP contribution in [0.2, 0.25) is 0 Å². The van der Waals surface area contributed by atoms with Crippen molar-refractivity contribution in [1.82, 2.24) is 14.9 Å². The number of fused-ring (bicyclic) bond motifs is 1. The van der Waals surface area contributed by atoms with Gasteiger partial charge in [0.1, 0.15) is 5.69 Å². The second-order valence-corrected chi connectivity index (χ2v) is 5.40. The highest BCUT2D eigenvalue weighted by Gasteiger charge is 2.29. The van der Waals surface area contributed by atoms with Crippen LogP contribution in [0.5, 0.6) is 0 Å². The van der Waals surface area contributed by atoms with Gasteiger partial charge in [0.15, 0.2) is 0 Å². The fraction of sp³-hybridized carbons (Fsp3) is 0.438. The number of aliphatic hydroxyl groups excluding tert-OH is 1. The van der Waals surface area contributed by atoms with E-state index in [0.29, 0.717) is 18.7 Å². The number of hydrogen-bond donors (Lipinski definition) is 1. The number of nitrogens with zero attached hydrogens (tertiary/aromatic N) is 3. The van der Waals surface area contributed by atoms with Gasteiger partial charge in [-0.3, -0.25) is 9.78 Å². The SMILES string of the molecule is O=C(c1cnc2ccccc2n1)N(CCCO)C1CCC1. The van der Waals surface area contributed by atoms with Crippen LogP contribution in [-0.4, -0.2) is 45.1 Å². The summed E-state index contributed by atoms with van der Waals surface area (Å²) in [6, 6.07) is 7.82. The Morgan fingerprint density at radius 3 is 2.71 bits per heavy atom. The maximum absolute atomic E-state index is 12.7. The molecule has 1 heterocycles. The summed E-state index contributed by atoms with van der Waals surface area (Å²) in [4.78, 5) is 23.3. The number of aliphatic hydroxyl groups is 1. The molecule has 0 aliphatic heterocycles. The van der Waals surface area contributed by atoms with E-state index in [2.05, 4.69) is 9.97 Å². The van der Waals surface area contributed by atoms with Crippen molar-refractivity contribution in [2.75, 3.05) is 13.2 Å². The molecule has 1 saturated carbocycles. The molecule has 2 aromatic rings. The van der Waals surface area contributed by atoms with Gasteiger partial charge >= 0.3 is 0 Å². The van der Waals surface area contributed by atoms with Crippen LogP contribution in [0.15, 0.2) is 30.5 Å². The number of rotatable bonds is 5. The van der Waals surface area contributed by atoms with Gasteiger partial charge in [-0.15, -0.1) is 0 Å². The van der Waals surface area contributed by atoms with Gasteiger partial charge in [-0.25, -0.2) is 4.98 Å².